The first-order chi connectivity index (χ1) is 13.5. The van der Waals surface area contributed by atoms with E-state index in [0.717, 1.165) is 10.5 Å². The van der Waals surface area contributed by atoms with Crippen molar-refractivity contribution in [3.8, 4) is 5.75 Å². The lowest BCUT2D eigenvalue weighted by Crippen LogP contribution is -2.30. The summed E-state index contributed by atoms with van der Waals surface area (Å²) in [6, 6.07) is 23.5. The Morgan fingerprint density at radius 2 is 1.75 bits per heavy atom. The fourth-order valence-electron chi connectivity index (χ4n) is 2.56. The third-order valence-corrected chi connectivity index (χ3v) is 5.64. The third kappa shape index (κ3) is 5.68. The monoisotopic (exact) mass is 413 g/mol. The molecule has 4 nitrogen and oxygen atoms in total. The van der Waals surface area contributed by atoms with E-state index in [4.69, 9.17) is 16.3 Å². The van der Waals surface area contributed by atoms with Crippen molar-refractivity contribution >= 4 is 34.0 Å². The van der Waals surface area contributed by atoms with Crippen LogP contribution in [0.2, 0.25) is 5.02 Å². The molecule has 28 heavy (non-hydrogen) atoms. The zero-order valence-electron chi connectivity index (χ0n) is 15.3. The van der Waals surface area contributed by atoms with Crippen molar-refractivity contribution in [3.05, 3.63) is 89.4 Å². The van der Waals surface area contributed by atoms with Crippen LogP contribution in [0.25, 0.3) is 0 Å². The number of rotatable bonds is 7. The number of amides is 1. The number of hydrogen-bond acceptors (Lipinski definition) is 3. The van der Waals surface area contributed by atoms with Crippen LogP contribution in [0.3, 0.4) is 0 Å². The largest absolute Gasteiger partial charge is 0.481 e. The summed E-state index contributed by atoms with van der Waals surface area (Å²) in [7, 11) is -1.14. The number of hydrogen-bond donors (Lipinski definition) is 1. The molecule has 0 radical (unpaired) electrons. The number of ether oxygens (including phenoxy) is 1. The molecule has 0 aliphatic carbocycles. The molecule has 2 unspecified atom stereocenters. The van der Waals surface area contributed by atoms with Gasteiger partial charge in [0, 0.05) is 15.6 Å². The van der Waals surface area contributed by atoms with Crippen LogP contribution in [-0.2, 0) is 21.3 Å². The predicted octanol–water partition coefficient (Wildman–Crippen LogP) is 5.05. The van der Waals surface area contributed by atoms with Gasteiger partial charge < -0.3 is 10.1 Å². The number of carbonyl (C=O) groups is 1. The maximum Gasteiger partial charge on any atom is 0.265 e. The second kappa shape index (κ2) is 9.53. The molecule has 2 atom stereocenters. The van der Waals surface area contributed by atoms with Gasteiger partial charge >= 0.3 is 0 Å². The van der Waals surface area contributed by atoms with Crippen molar-refractivity contribution in [3.63, 3.8) is 0 Å². The van der Waals surface area contributed by atoms with E-state index in [-0.39, 0.29) is 5.91 Å². The van der Waals surface area contributed by atoms with Gasteiger partial charge in [0.15, 0.2) is 6.10 Å². The van der Waals surface area contributed by atoms with Crippen molar-refractivity contribution in [2.45, 2.75) is 23.7 Å². The summed E-state index contributed by atoms with van der Waals surface area (Å²) in [5.41, 5.74) is 1.52. The second-order valence-corrected chi connectivity index (χ2v) is 8.09. The third-order valence-electron chi connectivity index (χ3n) is 3.99. The zero-order chi connectivity index (χ0) is 19.9. The smallest absolute Gasteiger partial charge is 0.265 e. The fourth-order valence-corrected chi connectivity index (χ4v) is 3.80. The van der Waals surface area contributed by atoms with Gasteiger partial charge in [0.1, 0.15) is 5.75 Å². The van der Waals surface area contributed by atoms with Gasteiger partial charge in [-0.1, -0.05) is 41.9 Å². The summed E-state index contributed by atoms with van der Waals surface area (Å²) in [4.78, 5) is 13.2. The van der Waals surface area contributed by atoms with Gasteiger partial charge in [0.05, 0.1) is 16.6 Å². The molecule has 1 amide bonds. The first-order valence-electron chi connectivity index (χ1n) is 8.77. The standard InChI is InChI=1S/C22H20ClNO3S/c1-16(27-20-12-10-18(23)11-13-20)22(25)24-19-7-5-6-17(14-19)15-28(26)21-8-3-2-4-9-21/h2-14,16H,15H2,1H3,(H,24,25). The molecule has 0 saturated heterocycles. The zero-order valence-corrected chi connectivity index (χ0v) is 16.9. The minimum atomic E-state index is -1.14. The summed E-state index contributed by atoms with van der Waals surface area (Å²) in [5, 5.41) is 3.44. The molecule has 3 rings (SSSR count). The maximum absolute atomic E-state index is 12.5. The van der Waals surface area contributed by atoms with Crippen LogP contribution in [0.4, 0.5) is 5.69 Å². The van der Waals surface area contributed by atoms with E-state index in [1.807, 2.05) is 48.5 Å². The van der Waals surface area contributed by atoms with Crippen LogP contribution in [0.1, 0.15) is 12.5 Å². The van der Waals surface area contributed by atoms with Crippen LogP contribution in [0.15, 0.2) is 83.8 Å². The summed E-state index contributed by atoms with van der Waals surface area (Å²) >= 11 is 5.85. The number of benzene rings is 3. The minimum absolute atomic E-state index is 0.267. The lowest BCUT2D eigenvalue weighted by Gasteiger charge is -2.15. The van der Waals surface area contributed by atoms with E-state index in [0.29, 0.717) is 22.2 Å². The first kappa shape index (κ1) is 20.1. The Labute approximate surface area is 172 Å². The highest BCUT2D eigenvalue weighted by Crippen LogP contribution is 2.19. The Hall–Kier alpha value is -2.63. The fraction of sp³-hybridized carbons (Fsp3) is 0.136. The number of carbonyl (C=O) groups excluding carboxylic acids is 1. The van der Waals surface area contributed by atoms with Gasteiger partial charge in [-0.15, -0.1) is 0 Å². The molecule has 0 aromatic heterocycles. The van der Waals surface area contributed by atoms with Crippen molar-refractivity contribution in [1.29, 1.82) is 0 Å². The van der Waals surface area contributed by atoms with Crippen molar-refractivity contribution in [2.75, 3.05) is 5.32 Å². The maximum atomic E-state index is 12.5. The first-order valence-corrected chi connectivity index (χ1v) is 10.5. The van der Waals surface area contributed by atoms with Crippen LogP contribution < -0.4 is 10.1 Å². The second-order valence-electron chi connectivity index (χ2n) is 6.21. The SMILES string of the molecule is CC(Oc1ccc(Cl)cc1)C(=O)Nc1cccc(CS(=O)c2ccccc2)c1. The molecule has 0 fully saturated rings. The van der Waals surface area contributed by atoms with Crippen LogP contribution in [0.5, 0.6) is 5.75 Å². The summed E-state index contributed by atoms with van der Waals surface area (Å²) in [5.74, 6) is 0.681. The average Bonchev–Trinajstić information content (AvgIpc) is 2.70. The quantitative estimate of drug-likeness (QED) is 0.589. The molecule has 144 valence electrons. The lowest BCUT2D eigenvalue weighted by atomic mass is 10.2. The number of nitrogens with one attached hydrogen (secondary N) is 1. The highest BCUT2D eigenvalue weighted by molar-refractivity contribution is 7.84. The van der Waals surface area contributed by atoms with Crippen LogP contribution in [-0.4, -0.2) is 16.2 Å². The van der Waals surface area contributed by atoms with Gasteiger partial charge in [0.2, 0.25) is 0 Å². The topological polar surface area (TPSA) is 55.4 Å². The van der Waals surface area contributed by atoms with Crippen molar-refractivity contribution in [2.24, 2.45) is 0 Å². The molecule has 3 aromatic rings. The molecule has 0 bridgehead atoms. The molecular weight excluding hydrogens is 394 g/mol. The number of halogens is 1. The molecule has 6 heteroatoms. The van der Waals surface area contributed by atoms with E-state index in [2.05, 4.69) is 5.32 Å². The summed E-state index contributed by atoms with van der Waals surface area (Å²) in [6.07, 6.45) is -0.678. The Balaban J connectivity index is 1.61. The van der Waals surface area contributed by atoms with Gasteiger partial charge in [0.25, 0.3) is 5.91 Å². The van der Waals surface area contributed by atoms with Gasteiger partial charge in [-0.05, 0) is 61.0 Å². The Kier molecular flexibility index (Phi) is 6.85. The molecule has 0 spiro atoms. The molecular formula is C22H20ClNO3S. The highest BCUT2D eigenvalue weighted by Gasteiger charge is 2.15. The van der Waals surface area contributed by atoms with Crippen molar-refractivity contribution in [1.82, 2.24) is 0 Å². The van der Waals surface area contributed by atoms with E-state index < -0.39 is 16.9 Å². The predicted molar refractivity (Wildman–Crippen MR) is 113 cm³/mol. The Bertz CT molecular complexity index is 961. The Morgan fingerprint density at radius 3 is 2.46 bits per heavy atom. The molecule has 1 N–H and O–H groups in total. The van der Waals surface area contributed by atoms with E-state index in [1.165, 1.54) is 0 Å². The van der Waals surface area contributed by atoms with E-state index in [9.17, 15) is 9.00 Å². The molecule has 3 aromatic carbocycles. The van der Waals surface area contributed by atoms with Gasteiger partial charge in [-0.25, -0.2) is 0 Å². The average molecular weight is 414 g/mol. The number of anilines is 1. The normalized spacial score (nSPS) is 12.8. The summed E-state index contributed by atoms with van der Waals surface area (Å²) in [6.45, 7) is 1.68. The Morgan fingerprint density at radius 1 is 1.04 bits per heavy atom. The minimum Gasteiger partial charge on any atom is -0.481 e. The van der Waals surface area contributed by atoms with E-state index in [1.54, 1.807) is 37.3 Å². The highest BCUT2D eigenvalue weighted by atomic mass is 35.5. The van der Waals surface area contributed by atoms with Crippen molar-refractivity contribution < 1.29 is 13.7 Å². The van der Waals surface area contributed by atoms with Crippen LogP contribution in [0, 0.1) is 0 Å². The summed E-state index contributed by atoms with van der Waals surface area (Å²) < 4.78 is 18.1. The lowest BCUT2D eigenvalue weighted by molar-refractivity contribution is -0.122. The van der Waals surface area contributed by atoms with Gasteiger partial charge in [-0.3, -0.25) is 9.00 Å². The van der Waals surface area contributed by atoms with Gasteiger partial charge in [-0.2, -0.15) is 0 Å². The van der Waals surface area contributed by atoms with E-state index >= 15 is 0 Å². The molecule has 0 aliphatic rings. The molecule has 0 saturated carbocycles. The van der Waals surface area contributed by atoms with Crippen LogP contribution >= 0.6 is 11.6 Å². The molecule has 0 aliphatic heterocycles. The molecule has 0 heterocycles.